The molecule has 3 nitrogen and oxygen atoms in total. The Hall–Kier alpha value is -1.38. The quantitative estimate of drug-likeness (QED) is 0.827. The highest BCUT2D eigenvalue weighted by Crippen LogP contribution is 2.69. The van der Waals surface area contributed by atoms with E-state index in [4.69, 9.17) is 0 Å². The molecule has 0 aromatic carbocycles. The van der Waals surface area contributed by atoms with Crippen molar-refractivity contribution in [2.75, 3.05) is 6.54 Å². The van der Waals surface area contributed by atoms with E-state index < -0.39 is 0 Å². The highest BCUT2D eigenvalue weighted by molar-refractivity contribution is 5.83. The van der Waals surface area contributed by atoms with E-state index in [9.17, 15) is 4.79 Å². The van der Waals surface area contributed by atoms with Crippen LogP contribution in [0.2, 0.25) is 0 Å². The van der Waals surface area contributed by atoms with Crippen molar-refractivity contribution in [2.24, 2.45) is 22.2 Å². The first kappa shape index (κ1) is 16.1. The third-order valence-electron chi connectivity index (χ3n) is 6.79. The van der Waals surface area contributed by atoms with Gasteiger partial charge >= 0.3 is 0 Å². The molecule has 4 aliphatic carbocycles. The molecular formula is C21H30N2O. The Morgan fingerprint density at radius 1 is 1.12 bits per heavy atom. The molecule has 4 bridgehead atoms. The molecular weight excluding hydrogens is 296 g/mol. The minimum Gasteiger partial charge on any atom is -0.356 e. The van der Waals surface area contributed by atoms with Gasteiger partial charge in [-0.2, -0.15) is 0 Å². The number of nitrogens with zero attached hydrogens (tertiary/aromatic N) is 1. The summed E-state index contributed by atoms with van der Waals surface area (Å²) in [6.07, 6.45) is 13.1. The lowest BCUT2D eigenvalue weighted by molar-refractivity contribution is -0.170. The van der Waals surface area contributed by atoms with E-state index in [-0.39, 0.29) is 5.41 Å². The van der Waals surface area contributed by atoms with Crippen LogP contribution >= 0.6 is 0 Å². The molecule has 3 heteroatoms. The number of hydrogen-bond donors (Lipinski definition) is 1. The molecule has 1 heterocycles. The molecule has 1 amide bonds. The highest BCUT2D eigenvalue weighted by atomic mass is 16.2. The van der Waals surface area contributed by atoms with Crippen LogP contribution in [0.5, 0.6) is 0 Å². The van der Waals surface area contributed by atoms with Crippen molar-refractivity contribution in [2.45, 2.75) is 65.2 Å². The van der Waals surface area contributed by atoms with Crippen LogP contribution in [-0.4, -0.2) is 17.4 Å². The van der Waals surface area contributed by atoms with Gasteiger partial charge in [-0.05, 0) is 85.8 Å². The first-order valence-corrected chi connectivity index (χ1v) is 9.58. The zero-order chi connectivity index (χ0) is 16.8. The van der Waals surface area contributed by atoms with Gasteiger partial charge < -0.3 is 5.32 Å². The number of rotatable bonds is 5. The maximum absolute atomic E-state index is 13.1. The second-order valence-corrected chi connectivity index (χ2v) is 9.63. The molecule has 2 unspecified atom stereocenters. The molecule has 1 aromatic heterocycles. The van der Waals surface area contributed by atoms with Crippen LogP contribution in [-0.2, 0) is 11.2 Å². The van der Waals surface area contributed by atoms with Crippen LogP contribution < -0.4 is 5.32 Å². The Morgan fingerprint density at radius 3 is 2.42 bits per heavy atom. The molecule has 1 N–H and O–H groups in total. The summed E-state index contributed by atoms with van der Waals surface area (Å²) in [4.78, 5) is 17.1. The van der Waals surface area contributed by atoms with E-state index in [0.717, 1.165) is 44.6 Å². The van der Waals surface area contributed by atoms with Crippen LogP contribution in [0.25, 0.3) is 0 Å². The predicted molar refractivity (Wildman–Crippen MR) is 95.4 cm³/mol. The first-order valence-electron chi connectivity index (χ1n) is 9.58. The summed E-state index contributed by atoms with van der Waals surface area (Å²) in [7, 11) is 0. The fraction of sp³-hybridized carbons (Fsp3) is 0.714. The average Bonchev–Trinajstić information content (AvgIpc) is 2.49. The summed E-state index contributed by atoms with van der Waals surface area (Å²) >= 11 is 0. The lowest BCUT2D eigenvalue weighted by atomic mass is 9.40. The largest absolute Gasteiger partial charge is 0.356 e. The van der Waals surface area contributed by atoms with Gasteiger partial charge in [-0.1, -0.05) is 13.8 Å². The molecule has 0 saturated heterocycles. The van der Waals surface area contributed by atoms with Crippen molar-refractivity contribution < 1.29 is 4.79 Å². The molecule has 1 aromatic rings. The SMILES string of the molecule is CC12CC3CC(C)(C1)CC(C(=O)NCCCc1ccncc1)(C3)C2. The molecule has 0 radical (unpaired) electrons. The van der Waals surface area contributed by atoms with E-state index in [1.807, 2.05) is 12.4 Å². The van der Waals surface area contributed by atoms with Crippen LogP contribution in [0.15, 0.2) is 24.5 Å². The molecule has 4 aliphatic rings. The number of carbonyl (C=O) groups excluding carboxylic acids is 1. The topological polar surface area (TPSA) is 42.0 Å². The molecule has 0 spiro atoms. The highest BCUT2D eigenvalue weighted by Gasteiger charge is 2.62. The maximum Gasteiger partial charge on any atom is 0.226 e. The molecule has 130 valence electrons. The fourth-order valence-corrected chi connectivity index (χ4v) is 6.93. The third kappa shape index (κ3) is 2.87. The van der Waals surface area contributed by atoms with Gasteiger partial charge in [-0.3, -0.25) is 9.78 Å². The van der Waals surface area contributed by atoms with E-state index in [0.29, 0.717) is 16.7 Å². The Kier molecular flexibility index (Phi) is 3.74. The van der Waals surface area contributed by atoms with Gasteiger partial charge in [0.25, 0.3) is 0 Å². The average molecular weight is 326 g/mol. The summed E-state index contributed by atoms with van der Waals surface area (Å²) in [6.45, 7) is 5.66. The van der Waals surface area contributed by atoms with Crippen molar-refractivity contribution >= 4 is 5.91 Å². The van der Waals surface area contributed by atoms with E-state index in [2.05, 4.69) is 36.3 Å². The normalized spacial score (nSPS) is 39.8. The van der Waals surface area contributed by atoms with Crippen molar-refractivity contribution in [3.63, 3.8) is 0 Å². The van der Waals surface area contributed by atoms with Crippen molar-refractivity contribution in [1.82, 2.24) is 10.3 Å². The standard InChI is InChI=1S/C21H30N2O/c1-19-10-17-11-20(2,13-19)15-21(12-17,14-19)18(24)23-7-3-4-16-5-8-22-9-6-16/h5-6,8-9,17H,3-4,7,10-15H2,1-2H3,(H,23,24). The Bertz CT molecular complexity index is 608. The number of amides is 1. The number of aromatic nitrogens is 1. The van der Waals surface area contributed by atoms with E-state index in [1.165, 1.54) is 24.8 Å². The molecule has 2 atom stereocenters. The minimum absolute atomic E-state index is 0.0699. The number of pyridine rings is 1. The van der Waals surface area contributed by atoms with Gasteiger partial charge in [0, 0.05) is 18.9 Å². The van der Waals surface area contributed by atoms with Crippen LogP contribution in [0, 0.1) is 22.2 Å². The zero-order valence-corrected chi connectivity index (χ0v) is 15.1. The van der Waals surface area contributed by atoms with Crippen molar-refractivity contribution in [1.29, 1.82) is 0 Å². The predicted octanol–water partition coefficient (Wildman–Crippen LogP) is 4.13. The maximum atomic E-state index is 13.1. The second kappa shape index (κ2) is 5.57. The molecule has 4 fully saturated rings. The summed E-state index contributed by atoms with van der Waals surface area (Å²) < 4.78 is 0. The van der Waals surface area contributed by atoms with Gasteiger partial charge in [-0.15, -0.1) is 0 Å². The first-order chi connectivity index (χ1) is 11.4. The molecule has 5 rings (SSSR count). The van der Waals surface area contributed by atoms with E-state index in [1.54, 1.807) is 0 Å². The van der Waals surface area contributed by atoms with E-state index >= 15 is 0 Å². The molecule has 0 aliphatic heterocycles. The Balaban J connectivity index is 1.36. The van der Waals surface area contributed by atoms with Gasteiger partial charge in [0.1, 0.15) is 0 Å². The summed E-state index contributed by atoms with van der Waals surface area (Å²) in [6, 6.07) is 4.12. The second-order valence-electron chi connectivity index (χ2n) is 9.63. The monoisotopic (exact) mass is 326 g/mol. The minimum atomic E-state index is -0.0699. The number of nitrogens with one attached hydrogen (secondary N) is 1. The lowest BCUT2D eigenvalue weighted by Crippen LogP contribution is -2.59. The Morgan fingerprint density at radius 2 is 1.79 bits per heavy atom. The zero-order valence-electron chi connectivity index (χ0n) is 15.1. The van der Waals surface area contributed by atoms with Crippen LogP contribution in [0.4, 0.5) is 0 Å². The van der Waals surface area contributed by atoms with Gasteiger partial charge in [-0.25, -0.2) is 0 Å². The number of hydrogen-bond acceptors (Lipinski definition) is 2. The van der Waals surface area contributed by atoms with Gasteiger partial charge in [0.2, 0.25) is 5.91 Å². The fourth-order valence-electron chi connectivity index (χ4n) is 6.93. The number of carbonyl (C=O) groups is 1. The van der Waals surface area contributed by atoms with Gasteiger partial charge in [0.15, 0.2) is 0 Å². The number of aryl methyl sites for hydroxylation is 1. The third-order valence-corrected chi connectivity index (χ3v) is 6.79. The van der Waals surface area contributed by atoms with Crippen LogP contribution in [0.3, 0.4) is 0 Å². The summed E-state index contributed by atoms with van der Waals surface area (Å²) in [5.74, 6) is 1.12. The molecule has 4 saturated carbocycles. The van der Waals surface area contributed by atoms with Gasteiger partial charge in [0.05, 0.1) is 5.41 Å². The van der Waals surface area contributed by atoms with Crippen LogP contribution in [0.1, 0.15) is 64.4 Å². The summed E-state index contributed by atoms with van der Waals surface area (Å²) in [5.41, 5.74) is 2.04. The summed E-state index contributed by atoms with van der Waals surface area (Å²) in [5, 5.41) is 3.29. The Labute approximate surface area is 145 Å². The van der Waals surface area contributed by atoms with Crippen molar-refractivity contribution in [3.8, 4) is 0 Å². The smallest absolute Gasteiger partial charge is 0.226 e. The lowest BCUT2D eigenvalue weighted by Gasteiger charge is -2.64. The molecule has 24 heavy (non-hydrogen) atoms. The van der Waals surface area contributed by atoms with Crippen molar-refractivity contribution in [3.05, 3.63) is 30.1 Å².